The van der Waals surface area contributed by atoms with Gasteiger partial charge in [0.1, 0.15) is 6.61 Å². The number of hydrogen-bond acceptors (Lipinski definition) is 5. The summed E-state index contributed by atoms with van der Waals surface area (Å²) in [7, 11) is 0. The first kappa shape index (κ1) is 15.5. The number of primary amides is 1. The van der Waals surface area contributed by atoms with Crippen molar-refractivity contribution in [3.05, 3.63) is 39.7 Å². The van der Waals surface area contributed by atoms with Crippen LogP contribution in [-0.2, 0) is 9.53 Å². The van der Waals surface area contributed by atoms with Gasteiger partial charge in [0.25, 0.3) is 5.91 Å². The Kier molecular flexibility index (Phi) is 5.54. The molecule has 0 heterocycles. The number of carbonyl (C=O) groups excluding carboxylic acids is 2. The first-order valence-electron chi connectivity index (χ1n) is 5.50. The van der Waals surface area contributed by atoms with E-state index in [2.05, 4.69) is 5.32 Å². The molecule has 2 amide bonds. The van der Waals surface area contributed by atoms with Gasteiger partial charge >= 0.3 is 5.69 Å². The van der Waals surface area contributed by atoms with Crippen LogP contribution in [0.5, 0.6) is 0 Å². The topological polar surface area (TPSA) is 125 Å². The van der Waals surface area contributed by atoms with E-state index in [0.717, 1.165) is 18.2 Å². The van der Waals surface area contributed by atoms with E-state index in [1.807, 2.05) is 0 Å². The lowest BCUT2D eigenvalue weighted by Gasteiger charge is -2.05. The molecule has 0 bridgehead atoms. The smallest absolute Gasteiger partial charge is 0.304 e. The minimum atomic E-state index is -1.09. The Balaban J connectivity index is 2.50. The molecular formula is C11H12FN3O5. The first-order valence-corrected chi connectivity index (χ1v) is 5.50. The lowest BCUT2D eigenvalue weighted by atomic mass is 10.2. The van der Waals surface area contributed by atoms with Crippen LogP contribution in [0.4, 0.5) is 10.1 Å². The van der Waals surface area contributed by atoms with Crippen LogP contribution >= 0.6 is 0 Å². The number of carbonyl (C=O) groups is 2. The average Bonchev–Trinajstić information content (AvgIpc) is 2.37. The van der Waals surface area contributed by atoms with Crippen LogP contribution in [0, 0.1) is 15.9 Å². The van der Waals surface area contributed by atoms with Gasteiger partial charge in [-0.25, -0.2) is 0 Å². The Morgan fingerprint density at radius 1 is 1.45 bits per heavy atom. The molecule has 0 radical (unpaired) electrons. The predicted octanol–water partition coefficient (Wildman–Crippen LogP) is -0.0344. The maximum atomic E-state index is 13.3. The third-order valence-corrected chi connectivity index (χ3v) is 2.18. The summed E-state index contributed by atoms with van der Waals surface area (Å²) >= 11 is 0. The second-order valence-electron chi connectivity index (χ2n) is 3.70. The SMILES string of the molecule is NC(=O)COCCNC(=O)c1ccc([N+](=O)[O-])c(F)c1. The number of nitrogens with one attached hydrogen (secondary N) is 1. The van der Waals surface area contributed by atoms with E-state index >= 15 is 0 Å². The molecule has 20 heavy (non-hydrogen) atoms. The van der Waals surface area contributed by atoms with Crippen molar-refractivity contribution < 1.29 is 23.6 Å². The van der Waals surface area contributed by atoms with Gasteiger partial charge in [-0.2, -0.15) is 4.39 Å². The second kappa shape index (κ2) is 7.14. The van der Waals surface area contributed by atoms with E-state index < -0.39 is 28.2 Å². The number of ether oxygens (including phenoxy) is 1. The van der Waals surface area contributed by atoms with Crippen molar-refractivity contribution in [3.8, 4) is 0 Å². The average molecular weight is 285 g/mol. The van der Waals surface area contributed by atoms with E-state index in [0.29, 0.717) is 0 Å². The van der Waals surface area contributed by atoms with Crippen LogP contribution in [-0.4, -0.2) is 36.5 Å². The predicted molar refractivity (Wildman–Crippen MR) is 65.4 cm³/mol. The Morgan fingerprint density at radius 3 is 2.70 bits per heavy atom. The number of rotatable bonds is 7. The van der Waals surface area contributed by atoms with E-state index in [1.165, 1.54) is 0 Å². The Morgan fingerprint density at radius 2 is 2.15 bits per heavy atom. The molecule has 9 heteroatoms. The first-order chi connectivity index (χ1) is 9.41. The lowest BCUT2D eigenvalue weighted by Crippen LogP contribution is -2.28. The number of amides is 2. The fraction of sp³-hybridized carbons (Fsp3) is 0.273. The van der Waals surface area contributed by atoms with E-state index in [-0.39, 0.29) is 25.3 Å². The Bertz CT molecular complexity index is 535. The highest BCUT2D eigenvalue weighted by molar-refractivity contribution is 5.94. The van der Waals surface area contributed by atoms with Gasteiger partial charge in [-0.15, -0.1) is 0 Å². The summed E-state index contributed by atoms with van der Waals surface area (Å²) in [6.07, 6.45) is 0. The molecule has 0 aliphatic heterocycles. The molecule has 0 saturated heterocycles. The highest BCUT2D eigenvalue weighted by atomic mass is 19.1. The molecule has 1 rings (SSSR count). The lowest BCUT2D eigenvalue weighted by molar-refractivity contribution is -0.387. The molecule has 0 unspecified atom stereocenters. The van der Waals surface area contributed by atoms with Gasteiger partial charge < -0.3 is 15.8 Å². The van der Waals surface area contributed by atoms with Crippen molar-refractivity contribution >= 4 is 17.5 Å². The highest BCUT2D eigenvalue weighted by Gasteiger charge is 2.16. The van der Waals surface area contributed by atoms with Crippen molar-refractivity contribution in [2.24, 2.45) is 5.73 Å². The van der Waals surface area contributed by atoms with Crippen LogP contribution in [0.15, 0.2) is 18.2 Å². The van der Waals surface area contributed by atoms with E-state index in [4.69, 9.17) is 10.5 Å². The van der Waals surface area contributed by atoms with Crippen LogP contribution in [0.1, 0.15) is 10.4 Å². The maximum Gasteiger partial charge on any atom is 0.304 e. The summed E-state index contributed by atoms with van der Waals surface area (Å²) in [5.74, 6) is -2.33. The molecule has 1 aromatic rings. The minimum absolute atomic E-state index is 0.0528. The molecular weight excluding hydrogens is 273 g/mol. The zero-order valence-corrected chi connectivity index (χ0v) is 10.3. The minimum Gasteiger partial charge on any atom is -0.370 e. The molecule has 0 aromatic heterocycles. The molecule has 8 nitrogen and oxygen atoms in total. The summed E-state index contributed by atoms with van der Waals surface area (Å²) in [4.78, 5) is 31.5. The molecule has 0 atom stereocenters. The Labute approximate surface area is 112 Å². The second-order valence-corrected chi connectivity index (χ2v) is 3.70. The van der Waals surface area contributed by atoms with Gasteiger partial charge in [0.15, 0.2) is 0 Å². The normalized spacial score (nSPS) is 10.1. The van der Waals surface area contributed by atoms with Crippen molar-refractivity contribution in [1.82, 2.24) is 5.32 Å². The third-order valence-electron chi connectivity index (χ3n) is 2.18. The summed E-state index contributed by atoms with van der Waals surface area (Å²) in [6, 6.07) is 2.83. The van der Waals surface area contributed by atoms with Gasteiger partial charge in [0, 0.05) is 18.2 Å². The molecule has 1 aromatic carbocycles. The van der Waals surface area contributed by atoms with Crippen LogP contribution in [0.25, 0.3) is 0 Å². The zero-order chi connectivity index (χ0) is 15.1. The van der Waals surface area contributed by atoms with E-state index in [1.54, 1.807) is 0 Å². The van der Waals surface area contributed by atoms with Crippen LogP contribution in [0.2, 0.25) is 0 Å². The molecule has 0 saturated carbocycles. The van der Waals surface area contributed by atoms with Crippen LogP contribution in [0.3, 0.4) is 0 Å². The molecule has 0 aliphatic carbocycles. The standard InChI is InChI=1S/C11H12FN3O5/c12-8-5-7(1-2-9(8)15(18)19)11(17)14-3-4-20-6-10(13)16/h1-2,5H,3-4,6H2,(H2,13,16)(H,14,17). The van der Waals surface area contributed by atoms with Gasteiger partial charge in [-0.1, -0.05) is 0 Å². The van der Waals surface area contributed by atoms with Gasteiger partial charge in [0.05, 0.1) is 11.5 Å². The maximum absolute atomic E-state index is 13.3. The number of nitrogens with zero attached hydrogens (tertiary/aromatic N) is 1. The summed E-state index contributed by atoms with van der Waals surface area (Å²) < 4.78 is 18.1. The molecule has 0 spiro atoms. The zero-order valence-electron chi connectivity index (χ0n) is 10.3. The Hall–Kier alpha value is -2.55. The molecule has 108 valence electrons. The fourth-order valence-electron chi connectivity index (χ4n) is 1.31. The molecule has 3 N–H and O–H groups in total. The monoisotopic (exact) mass is 285 g/mol. The van der Waals surface area contributed by atoms with Crippen molar-refractivity contribution in [2.45, 2.75) is 0 Å². The summed E-state index contributed by atoms with van der Waals surface area (Å²) in [5.41, 5.74) is 4.08. The van der Waals surface area contributed by atoms with Crippen molar-refractivity contribution in [1.29, 1.82) is 0 Å². The highest BCUT2D eigenvalue weighted by Crippen LogP contribution is 2.17. The van der Waals surface area contributed by atoms with Crippen molar-refractivity contribution in [2.75, 3.05) is 19.8 Å². The number of nitro benzene ring substituents is 1. The number of nitro groups is 1. The van der Waals surface area contributed by atoms with E-state index in [9.17, 15) is 24.1 Å². The number of nitrogens with two attached hydrogens (primary N) is 1. The number of benzene rings is 1. The van der Waals surface area contributed by atoms with Gasteiger partial charge in [0.2, 0.25) is 11.7 Å². The number of halogens is 1. The summed E-state index contributed by atoms with van der Waals surface area (Å²) in [6.45, 7) is -0.114. The largest absolute Gasteiger partial charge is 0.370 e. The van der Waals surface area contributed by atoms with Gasteiger partial charge in [-0.3, -0.25) is 19.7 Å². The quantitative estimate of drug-likeness (QED) is 0.413. The van der Waals surface area contributed by atoms with Gasteiger partial charge in [-0.05, 0) is 12.1 Å². The summed E-state index contributed by atoms with van der Waals surface area (Å²) in [5, 5.41) is 12.8. The van der Waals surface area contributed by atoms with Crippen LogP contribution < -0.4 is 11.1 Å². The fourth-order valence-corrected chi connectivity index (χ4v) is 1.31. The molecule has 0 aliphatic rings. The van der Waals surface area contributed by atoms with Crippen molar-refractivity contribution in [3.63, 3.8) is 0 Å². The number of hydrogen-bond donors (Lipinski definition) is 2. The molecule has 0 fully saturated rings. The third kappa shape index (κ3) is 4.61.